The van der Waals surface area contributed by atoms with Gasteiger partial charge in [0.15, 0.2) is 11.5 Å². The average Bonchev–Trinajstić information content (AvgIpc) is 2.96. The van der Waals surface area contributed by atoms with E-state index in [0.29, 0.717) is 23.3 Å². The Morgan fingerprint density at radius 2 is 1.44 bits per heavy atom. The number of amides is 2. The third-order valence-corrected chi connectivity index (χ3v) is 6.26. The third kappa shape index (κ3) is 13.6. The summed E-state index contributed by atoms with van der Waals surface area (Å²) < 4.78 is 10.8. The molecule has 0 saturated carbocycles. The predicted molar refractivity (Wildman–Crippen MR) is 154 cm³/mol. The maximum Gasteiger partial charge on any atom is 0.343 e. The van der Waals surface area contributed by atoms with E-state index in [1.807, 2.05) is 6.07 Å². The number of carbonyl (C=O) groups excluding carboxylic acids is 3. The number of methoxy groups -OCH3 is 1. The van der Waals surface area contributed by atoms with Crippen LogP contribution in [0.5, 0.6) is 11.5 Å². The van der Waals surface area contributed by atoms with E-state index in [0.717, 1.165) is 19.3 Å². The molecule has 8 heteroatoms. The molecule has 0 bridgehead atoms. The number of hydrogen-bond acceptors (Lipinski definition) is 6. The minimum atomic E-state index is -0.492. The number of nitrogens with one attached hydrogen (secondary N) is 2. The highest BCUT2D eigenvalue weighted by atomic mass is 16.6. The first-order valence-corrected chi connectivity index (χ1v) is 14.1. The van der Waals surface area contributed by atoms with Gasteiger partial charge in [-0.25, -0.2) is 10.2 Å². The summed E-state index contributed by atoms with van der Waals surface area (Å²) in [6.45, 7) is 2.10. The molecule has 0 saturated heterocycles. The van der Waals surface area contributed by atoms with Gasteiger partial charge in [-0.1, -0.05) is 89.3 Å². The summed E-state index contributed by atoms with van der Waals surface area (Å²) in [6, 6.07) is 13.6. The summed E-state index contributed by atoms with van der Waals surface area (Å²) in [5.41, 5.74) is 3.45. The molecular formula is C31H43N3O5. The van der Waals surface area contributed by atoms with Crippen molar-refractivity contribution in [1.29, 1.82) is 0 Å². The van der Waals surface area contributed by atoms with Crippen LogP contribution in [-0.2, 0) is 9.59 Å². The molecule has 2 aromatic carbocycles. The van der Waals surface area contributed by atoms with E-state index in [-0.39, 0.29) is 18.2 Å². The highest BCUT2D eigenvalue weighted by Gasteiger charge is 2.12. The van der Waals surface area contributed by atoms with Crippen molar-refractivity contribution in [2.24, 2.45) is 5.10 Å². The van der Waals surface area contributed by atoms with Crippen LogP contribution >= 0.6 is 0 Å². The highest BCUT2D eigenvalue weighted by molar-refractivity contribution is 5.91. The van der Waals surface area contributed by atoms with E-state index in [2.05, 4.69) is 22.8 Å². The molecule has 0 aliphatic rings. The van der Waals surface area contributed by atoms with Crippen molar-refractivity contribution in [2.75, 3.05) is 13.7 Å². The zero-order chi connectivity index (χ0) is 28.1. The maximum atomic E-state index is 12.3. The number of esters is 1. The van der Waals surface area contributed by atoms with Gasteiger partial charge in [0.05, 0.1) is 25.4 Å². The molecule has 0 aliphatic carbocycles. The SMILES string of the molecule is CCCCCCCCCCCCCC(=O)NCC(=O)N/N=C/c1ccc(OC(=O)c2ccccc2)c(OC)c1. The van der Waals surface area contributed by atoms with E-state index in [4.69, 9.17) is 9.47 Å². The van der Waals surface area contributed by atoms with Crippen LogP contribution in [-0.4, -0.2) is 37.7 Å². The summed E-state index contributed by atoms with van der Waals surface area (Å²) in [7, 11) is 1.47. The normalized spacial score (nSPS) is 10.8. The number of rotatable bonds is 19. The molecule has 8 nitrogen and oxygen atoms in total. The summed E-state index contributed by atoms with van der Waals surface area (Å²) in [5.74, 6) is -0.417. The number of carbonyl (C=O) groups is 3. The van der Waals surface area contributed by atoms with Gasteiger partial charge in [-0.15, -0.1) is 0 Å². The number of hydrogen-bond donors (Lipinski definition) is 2. The van der Waals surface area contributed by atoms with Crippen LogP contribution in [0.3, 0.4) is 0 Å². The van der Waals surface area contributed by atoms with Crippen molar-refractivity contribution >= 4 is 24.0 Å². The molecule has 0 aromatic heterocycles. The van der Waals surface area contributed by atoms with Crippen molar-refractivity contribution in [3.05, 3.63) is 59.7 Å². The quantitative estimate of drug-likeness (QED) is 0.0732. The van der Waals surface area contributed by atoms with Crippen LogP contribution in [0.15, 0.2) is 53.6 Å². The van der Waals surface area contributed by atoms with Gasteiger partial charge in [-0.05, 0) is 42.3 Å². The Morgan fingerprint density at radius 3 is 2.08 bits per heavy atom. The molecule has 0 atom stereocenters. The Morgan fingerprint density at radius 1 is 0.795 bits per heavy atom. The van der Waals surface area contributed by atoms with Crippen molar-refractivity contribution in [3.63, 3.8) is 0 Å². The fourth-order valence-electron chi connectivity index (χ4n) is 4.02. The lowest BCUT2D eigenvalue weighted by molar-refractivity contribution is -0.126. The van der Waals surface area contributed by atoms with Gasteiger partial charge >= 0.3 is 5.97 Å². The van der Waals surface area contributed by atoms with E-state index in [9.17, 15) is 14.4 Å². The van der Waals surface area contributed by atoms with Crippen molar-refractivity contribution in [1.82, 2.24) is 10.7 Å². The van der Waals surface area contributed by atoms with Gasteiger partial charge in [-0.2, -0.15) is 5.10 Å². The zero-order valence-corrected chi connectivity index (χ0v) is 23.4. The fraction of sp³-hybridized carbons (Fsp3) is 0.484. The summed E-state index contributed by atoms with van der Waals surface area (Å²) >= 11 is 0. The van der Waals surface area contributed by atoms with Gasteiger partial charge in [0.1, 0.15) is 0 Å². The Labute approximate surface area is 232 Å². The first kappa shape index (κ1) is 31.5. The number of ether oxygens (including phenoxy) is 2. The monoisotopic (exact) mass is 537 g/mol. The molecule has 0 fully saturated rings. The van der Waals surface area contributed by atoms with Gasteiger partial charge in [0.2, 0.25) is 5.91 Å². The molecule has 2 N–H and O–H groups in total. The molecule has 0 spiro atoms. The number of hydrazone groups is 1. The molecule has 2 aromatic rings. The van der Waals surface area contributed by atoms with E-state index < -0.39 is 11.9 Å². The molecule has 2 amide bonds. The molecule has 0 unspecified atom stereocenters. The van der Waals surface area contributed by atoms with Crippen molar-refractivity contribution < 1.29 is 23.9 Å². The zero-order valence-electron chi connectivity index (χ0n) is 23.4. The molecule has 0 radical (unpaired) electrons. The second-order valence-electron chi connectivity index (χ2n) is 9.52. The lowest BCUT2D eigenvalue weighted by Crippen LogP contribution is -2.34. The first-order chi connectivity index (χ1) is 19.0. The van der Waals surface area contributed by atoms with Gasteiger partial charge in [0, 0.05) is 6.42 Å². The molecule has 0 heterocycles. The summed E-state index contributed by atoms with van der Waals surface area (Å²) in [4.78, 5) is 36.3. The minimum absolute atomic E-state index is 0.129. The van der Waals surface area contributed by atoms with Crippen LogP contribution in [0.2, 0.25) is 0 Å². The fourth-order valence-corrected chi connectivity index (χ4v) is 4.02. The van der Waals surface area contributed by atoms with Crippen LogP contribution in [0.1, 0.15) is 99.9 Å². The maximum absolute atomic E-state index is 12.3. The largest absolute Gasteiger partial charge is 0.493 e. The van der Waals surface area contributed by atoms with Crippen LogP contribution in [0.25, 0.3) is 0 Å². The van der Waals surface area contributed by atoms with Gasteiger partial charge < -0.3 is 14.8 Å². The molecule has 212 valence electrons. The average molecular weight is 538 g/mol. The lowest BCUT2D eigenvalue weighted by atomic mass is 10.1. The Hall–Kier alpha value is -3.68. The topological polar surface area (TPSA) is 106 Å². The Balaban J connectivity index is 1.60. The lowest BCUT2D eigenvalue weighted by Gasteiger charge is -2.10. The number of nitrogens with zero attached hydrogens (tertiary/aromatic N) is 1. The van der Waals surface area contributed by atoms with Gasteiger partial charge in [-0.3, -0.25) is 9.59 Å². The van der Waals surface area contributed by atoms with Crippen LogP contribution in [0, 0.1) is 0 Å². The second-order valence-corrected chi connectivity index (χ2v) is 9.52. The van der Waals surface area contributed by atoms with Crippen LogP contribution in [0.4, 0.5) is 0 Å². The van der Waals surface area contributed by atoms with E-state index in [1.165, 1.54) is 64.7 Å². The molecule has 0 aliphatic heterocycles. The Kier molecular flexibility index (Phi) is 15.7. The van der Waals surface area contributed by atoms with E-state index in [1.54, 1.807) is 42.5 Å². The summed E-state index contributed by atoms with van der Waals surface area (Å²) in [6.07, 6.45) is 15.4. The first-order valence-electron chi connectivity index (χ1n) is 14.1. The number of unbranched alkanes of at least 4 members (excludes halogenated alkanes) is 10. The standard InChI is InChI=1S/C31H43N3O5/c1-3-4-5-6-7-8-9-10-11-12-16-19-29(35)32-24-30(36)34-33-23-25-20-21-27(28(22-25)38-2)39-31(37)26-17-14-13-15-18-26/h13-15,17-18,20-23H,3-12,16,19,24H2,1-2H3,(H,32,35)(H,34,36)/b33-23+. The smallest absolute Gasteiger partial charge is 0.343 e. The van der Waals surface area contributed by atoms with E-state index >= 15 is 0 Å². The molecular weight excluding hydrogens is 494 g/mol. The Bertz CT molecular complexity index is 1040. The number of benzene rings is 2. The van der Waals surface area contributed by atoms with Gasteiger partial charge in [0.25, 0.3) is 5.91 Å². The minimum Gasteiger partial charge on any atom is -0.493 e. The highest BCUT2D eigenvalue weighted by Crippen LogP contribution is 2.28. The molecule has 39 heavy (non-hydrogen) atoms. The van der Waals surface area contributed by atoms with Crippen molar-refractivity contribution in [2.45, 2.75) is 84.0 Å². The second kappa shape index (κ2) is 19.4. The third-order valence-electron chi connectivity index (χ3n) is 6.26. The van der Waals surface area contributed by atoms with Crippen molar-refractivity contribution in [3.8, 4) is 11.5 Å². The predicted octanol–water partition coefficient (Wildman–Crippen LogP) is 6.18. The molecule has 2 rings (SSSR count). The van der Waals surface area contributed by atoms with Crippen LogP contribution < -0.4 is 20.2 Å². The summed E-state index contributed by atoms with van der Waals surface area (Å²) in [5, 5.41) is 6.56.